The first kappa shape index (κ1) is 15.6. The third kappa shape index (κ3) is 2.94. The first-order valence-electron chi connectivity index (χ1n) is 8.06. The fourth-order valence-corrected chi connectivity index (χ4v) is 3.66. The highest BCUT2D eigenvalue weighted by Gasteiger charge is 2.15. The van der Waals surface area contributed by atoms with Crippen LogP contribution in [0, 0.1) is 0 Å². The molecule has 2 aromatic carbocycles. The average Bonchev–Trinajstić information content (AvgIpc) is 3.29. The Kier molecular flexibility index (Phi) is 4.07. The zero-order valence-electron chi connectivity index (χ0n) is 13.8. The van der Waals surface area contributed by atoms with Crippen LogP contribution in [-0.2, 0) is 6.54 Å². The van der Waals surface area contributed by atoms with Gasteiger partial charge in [-0.15, -0.1) is 11.3 Å². The zero-order valence-corrected chi connectivity index (χ0v) is 14.6. The highest BCUT2D eigenvalue weighted by Crippen LogP contribution is 2.29. The number of carbonyl (C=O) groups excluding carboxylic acids is 1. The number of nitrogens with one attached hydrogen (secondary N) is 1. The van der Waals surface area contributed by atoms with Crippen LogP contribution >= 0.6 is 11.3 Å². The lowest BCUT2D eigenvalue weighted by Gasteiger charge is -2.09. The van der Waals surface area contributed by atoms with Crippen molar-refractivity contribution in [2.45, 2.75) is 6.54 Å². The van der Waals surface area contributed by atoms with Gasteiger partial charge in [-0.1, -0.05) is 36.4 Å². The number of rotatable bonds is 4. The van der Waals surface area contributed by atoms with Crippen molar-refractivity contribution in [2.24, 2.45) is 0 Å². The molecule has 4 rings (SSSR count). The maximum absolute atomic E-state index is 11.9. The topological polar surface area (TPSA) is 46.9 Å². The number of carbonyl (C=O) groups is 1. The smallest absolute Gasteiger partial charge is 0.251 e. The molecule has 0 atom stereocenters. The van der Waals surface area contributed by atoms with E-state index in [0.717, 1.165) is 28.3 Å². The van der Waals surface area contributed by atoms with Gasteiger partial charge in [-0.25, -0.2) is 4.98 Å². The van der Waals surface area contributed by atoms with E-state index in [1.807, 2.05) is 42.5 Å². The predicted octanol–water partition coefficient (Wildman–Crippen LogP) is 4.17. The van der Waals surface area contributed by atoms with Crippen molar-refractivity contribution in [3.8, 4) is 10.7 Å². The van der Waals surface area contributed by atoms with Gasteiger partial charge in [0.25, 0.3) is 5.91 Å². The Morgan fingerprint density at radius 3 is 2.68 bits per heavy atom. The standard InChI is InChI=1S/C20H17N3OS/c1-21-20(24)15-9-10-17-16(12-15)22-19(18-8-5-11-25-18)23(17)13-14-6-3-2-4-7-14/h2-12H,13H2,1H3,(H,21,24). The molecule has 4 nitrogen and oxygen atoms in total. The molecule has 25 heavy (non-hydrogen) atoms. The summed E-state index contributed by atoms with van der Waals surface area (Å²) in [5.74, 6) is 0.833. The van der Waals surface area contributed by atoms with Gasteiger partial charge in [-0.3, -0.25) is 4.79 Å². The molecule has 1 N–H and O–H groups in total. The van der Waals surface area contributed by atoms with Crippen LogP contribution in [-0.4, -0.2) is 22.5 Å². The van der Waals surface area contributed by atoms with Gasteiger partial charge in [-0.2, -0.15) is 0 Å². The van der Waals surface area contributed by atoms with Crippen molar-refractivity contribution in [2.75, 3.05) is 7.05 Å². The SMILES string of the molecule is CNC(=O)c1ccc2c(c1)nc(-c1cccs1)n2Cc1ccccc1. The molecule has 1 amide bonds. The maximum atomic E-state index is 11.9. The molecule has 0 spiro atoms. The molecular weight excluding hydrogens is 330 g/mol. The molecule has 0 fully saturated rings. The van der Waals surface area contributed by atoms with E-state index in [1.165, 1.54) is 5.56 Å². The van der Waals surface area contributed by atoms with Crippen LogP contribution < -0.4 is 5.32 Å². The minimum Gasteiger partial charge on any atom is -0.355 e. The molecule has 0 unspecified atom stereocenters. The number of fused-ring (bicyclic) bond motifs is 1. The second kappa shape index (κ2) is 6.53. The minimum atomic E-state index is -0.0998. The second-order valence-corrected chi connectivity index (χ2v) is 6.71. The summed E-state index contributed by atoms with van der Waals surface area (Å²) in [6.07, 6.45) is 0. The van der Waals surface area contributed by atoms with Gasteiger partial charge in [-0.05, 0) is 35.2 Å². The lowest BCUT2D eigenvalue weighted by Crippen LogP contribution is -2.17. The van der Waals surface area contributed by atoms with Crippen molar-refractivity contribution in [1.29, 1.82) is 0 Å². The molecule has 2 aromatic heterocycles. The summed E-state index contributed by atoms with van der Waals surface area (Å²) < 4.78 is 2.21. The van der Waals surface area contributed by atoms with Gasteiger partial charge in [0.2, 0.25) is 0 Å². The zero-order chi connectivity index (χ0) is 17.2. The summed E-state index contributed by atoms with van der Waals surface area (Å²) in [6, 6.07) is 20.1. The summed E-state index contributed by atoms with van der Waals surface area (Å²) >= 11 is 1.67. The van der Waals surface area contributed by atoms with Crippen LogP contribution in [0.5, 0.6) is 0 Å². The van der Waals surface area contributed by atoms with Gasteiger partial charge >= 0.3 is 0 Å². The molecule has 5 heteroatoms. The third-order valence-corrected chi connectivity index (χ3v) is 5.03. The van der Waals surface area contributed by atoms with Crippen LogP contribution in [0.4, 0.5) is 0 Å². The van der Waals surface area contributed by atoms with Gasteiger partial charge in [0, 0.05) is 19.2 Å². The van der Waals surface area contributed by atoms with E-state index >= 15 is 0 Å². The molecule has 4 aromatic rings. The summed E-state index contributed by atoms with van der Waals surface area (Å²) in [6.45, 7) is 0.740. The van der Waals surface area contributed by atoms with Gasteiger partial charge < -0.3 is 9.88 Å². The molecular formula is C20H17N3OS. The summed E-state index contributed by atoms with van der Waals surface area (Å²) in [5, 5.41) is 4.72. The van der Waals surface area contributed by atoms with Crippen LogP contribution in [0.15, 0.2) is 66.0 Å². The van der Waals surface area contributed by atoms with Crippen molar-refractivity contribution in [3.05, 3.63) is 77.2 Å². The van der Waals surface area contributed by atoms with Crippen molar-refractivity contribution in [3.63, 3.8) is 0 Å². The quantitative estimate of drug-likeness (QED) is 0.602. The van der Waals surface area contributed by atoms with Crippen molar-refractivity contribution in [1.82, 2.24) is 14.9 Å². The number of aromatic nitrogens is 2. The molecule has 124 valence electrons. The van der Waals surface area contributed by atoms with Crippen LogP contribution in [0.3, 0.4) is 0 Å². The van der Waals surface area contributed by atoms with E-state index in [9.17, 15) is 4.79 Å². The Balaban J connectivity index is 1.88. The van der Waals surface area contributed by atoms with Crippen molar-refractivity contribution >= 4 is 28.3 Å². The number of amides is 1. The molecule has 0 aliphatic rings. The molecule has 0 aliphatic heterocycles. The Morgan fingerprint density at radius 1 is 1.12 bits per heavy atom. The van der Waals surface area contributed by atoms with Gasteiger partial charge in [0.1, 0.15) is 0 Å². The largest absolute Gasteiger partial charge is 0.355 e. The molecule has 0 aliphatic carbocycles. The monoisotopic (exact) mass is 347 g/mol. The van der Waals surface area contributed by atoms with Crippen LogP contribution in [0.25, 0.3) is 21.7 Å². The normalized spacial score (nSPS) is 10.9. The molecule has 2 heterocycles. The number of imidazole rings is 1. The summed E-state index contributed by atoms with van der Waals surface area (Å²) in [5.41, 5.74) is 3.70. The third-order valence-electron chi connectivity index (χ3n) is 4.16. The second-order valence-electron chi connectivity index (χ2n) is 5.77. The highest BCUT2D eigenvalue weighted by molar-refractivity contribution is 7.13. The molecule has 0 saturated carbocycles. The van der Waals surface area contributed by atoms with Crippen LogP contribution in [0.2, 0.25) is 0 Å². The Bertz CT molecular complexity index is 1020. The Labute approximate surface area is 149 Å². The van der Waals surface area contributed by atoms with E-state index in [4.69, 9.17) is 4.98 Å². The summed E-state index contributed by atoms with van der Waals surface area (Å²) in [7, 11) is 1.64. The van der Waals surface area contributed by atoms with E-state index < -0.39 is 0 Å². The fraction of sp³-hybridized carbons (Fsp3) is 0.100. The molecule has 0 saturated heterocycles. The Hall–Kier alpha value is -2.92. The maximum Gasteiger partial charge on any atom is 0.251 e. The Morgan fingerprint density at radius 2 is 1.96 bits per heavy atom. The number of benzene rings is 2. The van der Waals surface area contributed by atoms with Crippen LogP contribution in [0.1, 0.15) is 15.9 Å². The number of hydrogen-bond acceptors (Lipinski definition) is 3. The van der Waals surface area contributed by atoms with Gasteiger partial charge in [0.15, 0.2) is 5.82 Å². The fourth-order valence-electron chi connectivity index (χ4n) is 2.94. The first-order chi connectivity index (χ1) is 12.3. The first-order valence-corrected chi connectivity index (χ1v) is 8.94. The predicted molar refractivity (Wildman–Crippen MR) is 102 cm³/mol. The van der Waals surface area contributed by atoms with E-state index in [-0.39, 0.29) is 5.91 Å². The average molecular weight is 347 g/mol. The van der Waals surface area contributed by atoms with Gasteiger partial charge in [0.05, 0.1) is 15.9 Å². The van der Waals surface area contributed by atoms with E-state index in [2.05, 4.69) is 33.5 Å². The summed E-state index contributed by atoms with van der Waals surface area (Å²) in [4.78, 5) is 17.9. The number of thiophene rings is 1. The van der Waals surface area contributed by atoms with E-state index in [0.29, 0.717) is 5.56 Å². The highest BCUT2D eigenvalue weighted by atomic mass is 32.1. The van der Waals surface area contributed by atoms with Crippen molar-refractivity contribution < 1.29 is 4.79 Å². The minimum absolute atomic E-state index is 0.0998. The molecule has 0 radical (unpaired) electrons. The van der Waals surface area contributed by atoms with E-state index in [1.54, 1.807) is 18.4 Å². The lowest BCUT2D eigenvalue weighted by atomic mass is 10.2. The lowest BCUT2D eigenvalue weighted by molar-refractivity contribution is 0.0963. The number of nitrogens with zero attached hydrogens (tertiary/aromatic N) is 2. The number of hydrogen-bond donors (Lipinski definition) is 1. The molecule has 0 bridgehead atoms.